The molecule has 0 unspecified atom stereocenters. The second-order valence-corrected chi connectivity index (χ2v) is 7.04. The molecule has 3 aromatic rings. The summed E-state index contributed by atoms with van der Waals surface area (Å²) in [4.78, 5) is 24.5. The van der Waals surface area contributed by atoms with E-state index in [9.17, 15) is 10.1 Å². The van der Waals surface area contributed by atoms with Crippen molar-refractivity contribution in [1.29, 1.82) is 0 Å². The number of para-hydroxylation sites is 1. The van der Waals surface area contributed by atoms with Crippen LogP contribution in [-0.2, 0) is 6.54 Å². The summed E-state index contributed by atoms with van der Waals surface area (Å²) < 4.78 is 0. The van der Waals surface area contributed by atoms with Gasteiger partial charge in [0.25, 0.3) is 5.69 Å². The first-order valence-electron chi connectivity index (χ1n) is 9.72. The lowest BCUT2D eigenvalue weighted by molar-refractivity contribution is -0.385. The molecule has 0 bridgehead atoms. The van der Waals surface area contributed by atoms with E-state index in [4.69, 9.17) is 0 Å². The van der Waals surface area contributed by atoms with Crippen LogP contribution in [0.5, 0.6) is 0 Å². The van der Waals surface area contributed by atoms with Crippen molar-refractivity contribution in [2.75, 3.05) is 10.6 Å². The minimum absolute atomic E-state index is 0.0864. The summed E-state index contributed by atoms with van der Waals surface area (Å²) >= 11 is 0. The highest BCUT2D eigenvalue weighted by Gasteiger charge is 2.17. The zero-order valence-corrected chi connectivity index (χ0v) is 15.9. The molecule has 0 saturated heterocycles. The predicted octanol–water partition coefficient (Wildman–Crippen LogP) is 4.41. The molecule has 2 N–H and O–H groups in total. The minimum atomic E-state index is -0.372. The van der Waals surface area contributed by atoms with Crippen LogP contribution in [0.1, 0.15) is 31.2 Å². The number of anilines is 2. The van der Waals surface area contributed by atoms with Crippen LogP contribution < -0.4 is 10.6 Å². The van der Waals surface area contributed by atoms with Crippen molar-refractivity contribution in [3.05, 3.63) is 70.4 Å². The van der Waals surface area contributed by atoms with Crippen molar-refractivity contribution < 1.29 is 4.92 Å². The quantitative estimate of drug-likeness (QED) is 0.454. The van der Waals surface area contributed by atoms with Gasteiger partial charge in [0.15, 0.2) is 0 Å². The number of nitro groups is 1. The Morgan fingerprint density at radius 3 is 2.59 bits per heavy atom. The van der Waals surface area contributed by atoms with Gasteiger partial charge < -0.3 is 10.6 Å². The number of rotatable bonds is 7. The van der Waals surface area contributed by atoms with E-state index in [2.05, 4.69) is 25.6 Å². The number of hydrogen-bond donors (Lipinski definition) is 2. The minimum Gasteiger partial charge on any atom is -0.366 e. The highest BCUT2D eigenvalue weighted by Crippen LogP contribution is 2.25. The van der Waals surface area contributed by atoms with Gasteiger partial charge in [-0.25, -0.2) is 4.98 Å². The lowest BCUT2D eigenvalue weighted by Gasteiger charge is -2.15. The van der Waals surface area contributed by atoms with Crippen LogP contribution in [-0.4, -0.2) is 25.9 Å². The number of hydrogen-bond acceptors (Lipinski definition) is 7. The summed E-state index contributed by atoms with van der Waals surface area (Å²) in [5.74, 6) is 1.14. The average Bonchev–Trinajstić information content (AvgIpc) is 3.26. The van der Waals surface area contributed by atoms with E-state index in [0.29, 0.717) is 35.6 Å². The molecular formula is C21H22N6O2. The molecule has 0 atom stereocenters. The Kier molecular flexibility index (Phi) is 5.60. The summed E-state index contributed by atoms with van der Waals surface area (Å²) in [7, 11) is 0. The Labute approximate surface area is 168 Å². The molecule has 1 saturated carbocycles. The Morgan fingerprint density at radius 2 is 1.83 bits per heavy atom. The fourth-order valence-electron chi connectivity index (χ4n) is 3.52. The lowest BCUT2D eigenvalue weighted by Crippen LogP contribution is -2.17. The highest BCUT2D eigenvalue weighted by molar-refractivity contribution is 5.61. The third-order valence-electron chi connectivity index (χ3n) is 4.99. The monoisotopic (exact) mass is 390 g/mol. The summed E-state index contributed by atoms with van der Waals surface area (Å²) in [5.41, 5.74) is 2.13. The molecule has 0 spiro atoms. The van der Waals surface area contributed by atoms with Crippen molar-refractivity contribution >= 4 is 17.5 Å². The number of pyridine rings is 1. The van der Waals surface area contributed by atoms with Crippen LogP contribution in [0.3, 0.4) is 0 Å². The molecule has 8 heteroatoms. The number of nitrogens with one attached hydrogen (secondary N) is 2. The number of aromatic nitrogens is 3. The first kappa shape index (κ1) is 18.8. The molecule has 8 nitrogen and oxygen atoms in total. The fraction of sp³-hybridized carbons (Fsp3) is 0.286. The molecule has 0 aliphatic heterocycles. The van der Waals surface area contributed by atoms with Crippen molar-refractivity contribution in [2.45, 2.75) is 38.3 Å². The smallest absolute Gasteiger partial charge is 0.274 e. The first-order chi connectivity index (χ1) is 14.2. The van der Waals surface area contributed by atoms with Gasteiger partial charge in [-0.3, -0.25) is 15.1 Å². The Hall–Kier alpha value is -3.55. The lowest BCUT2D eigenvalue weighted by atomic mass is 10.2. The number of nitrogens with zero attached hydrogens (tertiary/aromatic N) is 4. The maximum atomic E-state index is 11.3. The van der Waals surface area contributed by atoms with E-state index in [1.54, 1.807) is 24.4 Å². The molecule has 0 amide bonds. The molecule has 1 fully saturated rings. The molecule has 2 heterocycles. The molecule has 1 aliphatic carbocycles. The van der Waals surface area contributed by atoms with Gasteiger partial charge >= 0.3 is 0 Å². The van der Waals surface area contributed by atoms with Crippen LogP contribution in [0.25, 0.3) is 11.4 Å². The summed E-state index contributed by atoms with van der Waals surface area (Å²) in [6, 6.07) is 14.5. The van der Waals surface area contributed by atoms with Crippen molar-refractivity contribution in [1.82, 2.24) is 15.0 Å². The van der Waals surface area contributed by atoms with Gasteiger partial charge in [0.2, 0.25) is 5.95 Å². The molecule has 4 rings (SSSR count). The standard InChI is InChI=1S/C21H22N6O2/c28-27(29)19-11-4-1-7-15(19)14-23-20-13-18(17-10-5-6-12-22-17)25-21(26-20)24-16-8-2-3-9-16/h1,4-7,10-13,16H,2-3,8-9,14H2,(H2,23,24,25,26). The van der Waals surface area contributed by atoms with E-state index in [0.717, 1.165) is 18.5 Å². The van der Waals surface area contributed by atoms with Crippen LogP contribution in [0.15, 0.2) is 54.7 Å². The summed E-state index contributed by atoms with van der Waals surface area (Å²) in [6.45, 7) is 0.290. The Bertz CT molecular complexity index is 989. The Balaban J connectivity index is 1.60. The third-order valence-corrected chi connectivity index (χ3v) is 4.99. The Morgan fingerprint density at radius 1 is 1.03 bits per heavy atom. The zero-order valence-electron chi connectivity index (χ0n) is 15.9. The van der Waals surface area contributed by atoms with Gasteiger partial charge in [-0.15, -0.1) is 0 Å². The molecule has 2 aromatic heterocycles. The van der Waals surface area contributed by atoms with Crippen molar-refractivity contribution in [3.63, 3.8) is 0 Å². The summed E-state index contributed by atoms with van der Waals surface area (Å²) in [5, 5.41) is 17.9. The maximum absolute atomic E-state index is 11.3. The van der Waals surface area contributed by atoms with Gasteiger partial charge in [0.1, 0.15) is 5.82 Å². The van der Waals surface area contributed by atoms with Crippen molar-refractivity contribution in [2.24, 2.45) is 0 Å². The van der Waals surface area contributed by atoms with E-state index in [-0.39, 0.29) is 10.6 Å². The normalized spacial score (nSPS) is 13.9. The predicted molar refractivity (Wildman–Crippen MR) is 112 cm³/mol. The largest absolute Gasteiger partial charge is 0.366 e. The van der Waals surface area contributed by atoms with Crippen LogP contribution in [0.2, 0.25) is 0 Å². The number of nitro benzene ring substituents is 1. The molecule has 29 heavy (non-hydrogen) atoms. The molecule has 148 valence electrons. The topological polar surface area (TPSA) is 106 Å². The fourth-order valence-corrected chi connectivity index (χ4v) is 3.52. The van der Waals surface area contributed by atoms with E-state index in [1.807, 2.05) is 24.3 Å². The van der Waals surface area contributed by atoms with Crippen molar-refractivity contribution in [3.8, 4) is 11.4 Å². The van der Waals surface area contributed by atoms with Gasteiger partial charge in [0.05, 0.1) is 16.3 Å². The zero-order chi connectivity index (χ0) is 20.1. The molecule has 0 radical (unpaired) electrons. The average molecular weight is 390 g/mol. The van der Waals surface area contributed by atoms with Crippen LogP contribution >= 0.6 is 0 Å². The first-order valence-corrected chi connectivity index (χ1v) is 9.72. The molecular weight excluding hydrogens is 368 g/mol. The van der Waals surface area contributed by atoms with Crippen LogP contribution in [0, 0.1) is 10.1 Å². The van der Waals surface area contributed by atoms with Gasteiger partial charge in [0, 0.05) is 36.5 Å². The maximum Gasteiger partial charge on any atom is 0.274 e. The van der Waals surface area contributed by atoms with Gasteiger partial charge in [-0.05, 0) is 25.0 Å². The third kappa shape index (κ3) is 4.66. The highest BCUT2D eigenvalue weighted by atomic mass is 16.6. The van der Waals surface area contributed by atoms with E-state index < -0.39 is 0 Å². The van der Waals surface area contributed by atoms with E-state index in [1.165, 1.54) is 18.9 Å². The SMILES string of the molecule is O=[N+]([O-])c1ccccc1CNc1cc(-c2ccccn2)nc(NC2CCCC2)n1. The molecule has 1 aliphatic rings. The number of benzene rings is 1. The molecule has 1 aromatic carbocycles. The van der Waals surface area contributed by atoms with Crippen LogP contribution in [0.4, 0.5) is 17.5 Å². The second-order valence-electron chi connectivity index (χ2n) is 7.04. The van der Waals surface area contributed by atoms with E-state index >= 15 is 0 Å². The summed E-state index contributed by atoms with van der Waals surface area (Å²) in [6.07, 6.45) is 6.36. The van der Waals surface area contributed by atoms with Gasteiger partial charge in [-0.1, -0.05) is 37.1 Å². The second kappa shape index (κ2) is 8.64. The van der Waals surface area contributed by atoms with Gasteiger partial charge in [-0.2, -0.15) is 4.98 Å².